The molecule has 0 unspecified atom stereocenters. The van der Waals surface area contributed by atoms with Crippen LogP contribution in [0.25, 0.3) is 11.0 Å². The van der Waals surface area contributed by atoms with E-state index in [4.69, 9.17) is 9.47 Å². The van der Waals surface area contributed by atoms with E-state index in [1.54, 1.807) is 16.6 Å². The maximum absolute atomic E-state index is 12.6. The number of hydrogen-bond acceptors (Lipinski definition) is 5. The fourth-order valence-corrected chi connectivity index (χ4v) is 4.38. The fourth-order valence-electron chi connectivity index (χ4n) is 4.38. The average Bonchev–Trinajstić information content (AvgIpc) is 3.22. The normalized spacial score (nSPS) is 13.7. The van der Waals surface area contributed by atoms with Crippen LogP contribution in [-0.2, 0) is 17.9 Å². The van der Waals surface area contributed by atoms with Gasteiger partial charge >= 0.3 is 11.8 Å². The van der Waals surface area contributed by atoms with Crippen molar-refractivity contribution in [2.45, 2.75) is 13.2 Å². The lowest BCUT2D eigenvalue weighted by molar-refractivity contribution is 0.0942. The highest BCUT2D eigenvalue weighted by atomic mass is 16.6. The number of aromatic amines is 1. The van der Waals surface area contributed by atoms with Crippen LogP contribution in [0.5, 0.6) is 5.75 Å². The van der Waals surface area contributed by atoms with E-state index >= 15 is 0 Å². The second kappa shape index (κ2) is 9.97. The first-order chi connectivity index (χ1) is 17.1. The number of anilines is 1. The smallest absolute Gasteiger partial charge is 0.410 e. The Balaban J connectivity index is 1.22. The number of methoxy groups -OCH3 is 1. The summed E-state index contributed by atoms with van der Waals surface area (Å²) >= 11 is 0. The van der Waals surface area contributed by atoms with Gasteiger partial charge in [-0.25, -0.2) is 9.59 Å². The highest BCUT2D eigenvalue weighted by molar-refractivity contribution is 5.80. The van der Waals surface area contributed by atoms with Crippen molar-refractivity contribution >= 4 is 22.8 Å². The Morgan fingerprint density at radius 1 is 0.914 bits per heavy atom. The number of piperazine rings is 1. The first-order valence-electron chi connectivity index (χ1n) is 11.7. The number of ether oxygens (including phenoxy) is 2. The molecule has 0 saturated carbocycles. The van der Waals surface area contributed by atoms with Gasteiger partial charge in [-0.05, 0) is 41.5 Å². The molecule has 8 heteroatoms. The molecule has 3 aromatic carbocycles. The summed E-state index contributed by atoms with van der Waals surface area (Å²) in [5.41, 5.74) is 4.53. The van der Waals surface area contributed by atoms with E-state index in [2.05, 4.69) is 9.88 Å². The van der Waals surface area contributed by atoms with Crippen molar-refractivity contribution in [3.05, 3.63) is 94.4 Å². The molecule has 1 N–H and O–H groups in total. The van der Waals surface area contributed by atoms with E-state index < -0.39 is 0 Å². The van der Waals surface area contributed by atoms with E-state index in [1.807, 2.05) is 72.8 Å². The van der Waals surface area contributed by atoms with Crippen LogP contribution in [0.2, 0.25) is 0 Å². The second-order valence-electron chi connectivity index (χ2n) is 8.58. The first-order valence-corrected chi connectivity index (χ1v) is 11.7. The van der Waals surface area contributed by atoms with Crippen molar-refractivity contribution in [1.29, 1.82) is 0 Å². The molecule has 0 spiro atoms. The van der Waals surface area contributed by atoms with Crippen LogP contribution in [0, 0.1) is 0 Å². The number of rotatable bonds is 6. The molecule has 2 heterocycles. The summed E-state index contributed by atoms with van der Waals surface area (Å²) in [4.78, 5) is 32.0. The van der Waals surface area contributed by atoms with Gasteiger partial charge in [0, 0.05) is 31.9 Å². The highest BCUT2D eigenvalue weighted by Gasteiger charge is 2.23. The maximum Gasteiger partial charge on any atom is 0.410 e. The van der Waals surface area contributed by atoms with Crippen LogP contribution in [0.15, 0.2) is 77.6 Å². The zero-order chi connectivity index (χ0) is 24.2. The minimum Gasteiger partial charge on any atom is -0.497 e. The molecule has 1 fully saturated rings. The van der Waals surface area contributed by atoms with Crippen molar-refractivity contribution in [1.82, 2.24) is 14.5 Å². The average molecular weight is 473 g/mol. The van der Waals surface area contributed by atoms with Crippen molar-refractivity contribution < 1.29 is 14.3 Å². The maximum atomic E-state index is 12.6. The Bertz CT molecular complexity index is 1350. The van der Waals surface area contributed by atoms with E-state index in [0.717, 1.165) is 33.6 Å². The SMILES string of the molecule is COc1ccc(Cn2c(=O)[nH]c3cc(N4CCN(C(=O)OCc5ccccc5)CC4)ccc32)cc1. The molecular weight excluding hydrogens is 444 g/mol. The molecule has 1 saturated heterocycles. The van der Waals surface area contributed by atoms with E-state index in [-0.39, 0.29) is 18.4 Å². The Morgan fingerprint density at radius 3 is 2.37 bits per heavy atom. The number of hydrogen-bond donors (Lipinski definition) is 1. The van der Waals surface area contributed by atoms with Gasteiger partial charge in [0.15, 0.2) is 0 Å². The lowest BCUT2D eigenvalue weighted by Crippen LogP contribution is -2.48. The number of nitrogens with one attached hydrogen (secondary N) is 1. The molecule has 0 bridgehead atoms. The molecule has 8 nitrogen and oxygen atoms in total. The Kier molecular flexibility index (Phi) is 6.43. The van der Waals surface area contributed by atoms with Crippen molar-refractivity contribution in [3.63, 3.8) is 0 Å². The van der Waals surface area contributed by atoms with Crippen LogP contribution in [0.4, 0.5) is 10.5 Å². The Labute approximate surface area is 203 Å². The second-order valence-corrected chi connectivity index (χ2v) is 8.58. The third-order valence-electron chi connectivity index (χ3n) is 6.37. The van der Waals surface area contributed by atoms with E-state index in [0.29, 0.717) is 32.7 Å². The highest BCUT2D eigenvalue weighted by Crippen LogP contribution is 2.23. The Morgan fingerprint density at radius 2 is 1.66 bits per heavy atom. The third kappa shape index (κ3) is 5.01. The summed E-state index contributed by atoms with van der Waals surface area (Å²) in [5.74, 6) is 0.786. The minimum atomic E-state index is -0.288. The summed E-state index contributed by atoms with van der Waals surface area (Å²) in [5, 5.41) is 0. The number of aromatic nitrogens is 2. The zero-order valence-corrected chi connectivity index (χ0v) is 19.6. The van der Waals surface area contributed by atoms with Gasteiger partial charge in [0.25, 0.3) is 0 Å². The zero-order valence-electron chi connectivity index (χ0n) is 19.6. The molecule has 180 valence electrons. The molecule has 5 rings (SSSR count). The number of amides is 1. The van der Waals surface area contributed by atoms with Gasteiger partial charge in [-0.15, -0.1) is 0 Å². The molecule has 1 aliphatic rings. The van der Waals surface area contributed by atoms with Gasteiger partial charge in [0.2, 0.25) is 0 Å². The molecule has 0 atom stereocenters. The van der Waals surface area contributed by atoms with Gasteiger partial charge in [0.05, 0.1) is 24.7 Å². The summed E-state index contributed by atoms with van der Waals surface area (Å²) in [6.45, 7) is 3.32. The molecule has 0 aliphatic carbocycles. The molecule has 0 radical (unpaired) electrons. The van der Waals surface area contributed by atoms with Crippen LogP contribution < -0.4 is 15.3 Å². The van der Waals surface area contributed by atoms with Gasteiger partial charge < -0.3 is 24.3 Å². The number of benzene rings is 3. The van der Waals surface area contributed by atoms with Gasteiger partial charge in [-0.2, -0.15) is 0 Å². The predicted octanol–water partition coefficient (Wildman–Crippen LogP) is 3.85. The lowest BCUT2D eigenvalue weighted by atomic mass is 10.2. The molecule has 1 amide bonds. The summed E-state index contributed by atoms with van der Waals surface area (Å²) < 4.78 is 12.4. The summed E-state index contributed by atoms with van der Waals surface area (Å²) in [6, 6.07) is 23.4. The monoisotopic (exact) mass is 472 g/mol. The number of H-pyrrole nitrogens is 1. The van der Waals surface area contributed by atoms with Crippen LogP contribution in [-0.4, -0.2) is 53.8 Å². The number of nitrogens with zero attached hydrogens (tertiary/aromatic N) is 3. The first kappa shape index (κ1) is 22.6. The molecule has 35 heavy (non-hydrogen) atoms. The van der Waals surface area contributed by atoms with Crippen LogP contribution in [0.1, 0.15) is 11.1 Å². The van der Waals surface area contributed by atoms with Gasteiger partial charge in [-0.1, -0.05) is 42.5 Å². The number of carbonyl (C=O) groups excluding carboxylic acids is 1. The fraction of sp³-hybridized carbons (Fsp3) is 0.259. The van der Waals surface area contributed by atoms with Crippen molar-refractivity contribution in [2.24, 2.45) is 0 Å². The predicted molar refractivity (Wildman–Crippen MR) is 135 cm³/mol. The number of fused-ring (bicyclic) bond motifs is 1. The largest absolute Gasteiger partial charge is 0.497 e. The molecule has 1 aliphatic heterocycles. The topological polar surface area (TPSA) is 79.8 Å². The molecule has 1 aromatic heterocycles. The summed E-state index contributed by atoms with van der Waals surface area (Å²) in [7, 11) is 1.63. The standard InChI is InChI=1S/C27H28N4O4/c1-34-23-10-7-20(8-11-23)18-31-25-12-9-22(17-24(25)28-26(31)32)29-13-15-30(16-14-29)27(33)35-19-21-5-3-2-4-6-21/h2-12,17H,13-16,18-19H2,1H3,(H,28,32). The van der Waals surface area contributed by atoms with Crippen LogP contribution >= 0.6 is 0 Å². The minimum absolute atomic E-state index is 0.140. The van der Waals surface area contributed by atoms with E-state index in [1.165, 1.54) is 0 Å². The number of carbonyl (C=O) groups is 1. The molecule has 4 aromatic rings. The lowest BCUT2D eigenvalue weighted by Gasteiger charge is -2.35. The summed E-state index contributed by atoms with van der Waals surface area (Å²) in [6.07, 6.45) is -0.288. The molecular formula is C27H28N4O4. The third-order valence-corrected chi connectivity index (χ3v) is 6.37. The quantitative estimate of drug-likeness (QED) is 0.461. The Hall–Kier alpha value is -4.20. The van der Waals surface area contributed by atoms with Crippen LogP contribution in [0.3, 0.4) is 0 Å². The van der Waals surface area contributed by atoms with Gasteiger partial charge in [0.1, 0.15) is 12.4 Å². The van der Waals surface area contributed by atoms with Gasteiger partial charge in [-0.3, -0.25) is 4.57 Å². The van der Waals surface area contributed by atoms with Crippen molar-refractivity contribution in [3.8, 4) is 5.75 Å². The number of imidazole rings is 1. The van der Waals surface area contributed by atoms with Crippen molar-refractivity contribution in [2.75, 3.05) is 38.2 Å². The van der Waals surface area contributed by atoms with E-state index in [9.17, 15) is 9.59 Å².